The summed E-state index contributed by atoms with van der Waals surface area (Å²) >= 11 is 0. The van der Waals surface area contributed by atoms with Crippen LogP contribution in [0.15, 0.2) is 0 Å². The van der Waals surface area contributed by atoms with Crippen molar-refractivity contribution in [3.05, 3.63) is 0 Å². The van der Waals surface area contributed by atoms with Gasteiger partial charge >= 0.3 is 0 Å². The van der Waals surface area contributed by atoms with Crippen LogP contribution in [0.4, 0.5) is 0 Å². The minimum atomic E-state index is -2.82. The lowest BCUT2D eigenvalue weighted by Gasteiger charge is -2.17. The standard InChI is InChI=1S/C13H29NO3S/c1-4-10-17-11-9-13(14-5-2)8-7-12-18(15,16)6-3/h13-14H,4-12H2,1-3H3. The maximum Gasteiger partial charge on any atom is 0.150 e. The Hall–Kier alpha value is -0.130. The Bertz CT molecular complexity index is 278. The summed E-state index contributed by atoms with van der Waals surface area (Å²) in [5, 5.41) is 3.39. The minimum Gasteiger partial charge on any atom is -0.381 e. The van der Waals surface area contributed by atoms with Crippen molar-refractivity contribution in [2.75, 3.05) is 31.3 Å². The van der Waals surface area contributed by atoms with Gasteiger partial charge in [-0.3, -0.25) is 0 Å². The van der Waals surface area contributed by atoms with Crippen LogP contribution in [-0.2, 0) is 14.6 Å². The number of ether oxygens (including phenoxy) is 1. The summed E-state index contributed by atoms with van der Waals surface area (Å²) in [5.74, 6) is 0.555. The molecule has 1 unspecified atom stereocenters. The van der Waals surface area contributed by atoms with Crippen molar-refractivity contribution in [2.24, 2.45) is 0 Å². The summed E-state index contributed by atoms with van der Waals surface area (Å²) in [4.78, 5) is 0. The molecule has 0 saturated carbocycles. The highest BCUT2D eigenvalue weighted by molar-refractivity contribution is 7.91. The Morgan fingerprint density at radius 3 is 2.39 bits per heavy atom. The van der Waals surface area contributed by atoms with Gasteiger partial charge in [-0.05, 0) is 32.2 Å². The van der Waals surface area contributed by atoms with Crippen LogP contribution in [0.2, 0.25) is 0 Å². The van der Waals surface area contributed by atoms with E-state index in [-0.39, 0.29) is 5.75 Å². The fourth-order valence-corrected chi connectivity index (χ4v) is 2.70. The molecular formula is C13H29NO3S. The number of sulfone groups is 1. The molecule has 0 aromatic carbocycles. The third-order valence-corrected chi connectivity index (χ3v) is 4.69. The van der Waals surface area contributed by atoms with Crippen molar-refractivity contribution >= 4 is 9.84 Å². The molecule has 1 N–H and O–H groups in total. The zero-order valence-corrected chi connectivity index (χ0v) is 12.9. The molecule has 0 radical (unpaired) electrons. The highest BCUT2D eigenvalue weighted by Crippen LogP contribution is 2.05. The van der Waals surface area contributed by atoms with Crippen molar-refractivity contribution in [1.29, 1.82) is 0 Å². The van der Waals surface area contributed by atoms with Crippen molar-refractivity contribution < 1.29 is 13.2 Å². The number of nitrogens with one attached hydrogen (secondary N) is 1. The monoisotopic (exact) mass is 279 g/mol. The molecule has 0 amide bonds. The molecule has 0 aliphatic rings. The first-order chi connectivity index (χ1) is 8.55. The van der Waals surface area contributed by atoms with Crippen molar-refractivity contribution in [1.82, 2.24) is 5.32 Å². The molecule has 0 rings (SSSR count). The second kappa shape index (κ2) is 10.8. The fourth-order valence-electron chi connectivity index (χ4n) is 1.80. The molecular weight excluding hydrogens is 250 g/mol. The average molecular weight is 279 g/mol. The van der Waals surface area contributed by atoms with Gasteiger partial charge in [0.1, 0.15) is 9.84 Å². The van der Waals surface area contributed by atoms with Gasteiger partial charge in [0, 0.05) is 25.0 Å². The first-order valence-electron chi connectivity index (χ1n) is 7.07. The van der Waals surface area contributed by atoms with Gasteiger partial charge in [-0.2, -0.15) is 0 Å². The molecule has 0 saturated heterocycles. The summed E-state index contributed by atoms with van der Waals surface area (Å²) in [7, 11) is -2.82. The highest BCUT2D eigenvalue weighted by Gasteiger charge is 2.11. The van der Waals surface area contributed by atoms with Crippen molar-refractivity contribution in [3.63, 3.8) is 0 Å². The van der Waals surface area contributed by atoms with E-state index >= 15 is 0 Å². The number of hydrogen-bond donors (Lipinski definition) is 1. The zero-order chi connectivity index (χ0) is 13.9. The second-order valence-corrected chi connectivity index (χ2v) is 7.01. The van der Waals surface area contributed by atoms with Crippen molar-refractivity contribution in [3.8, 4) is 0 Å². The molecule has 4 nitrogen and oxygen atoms in total. The van der Waals surface area contributed by atoms with E-state index in [0.29, 0.717) is 11.8 Å². The van der Waals surface area contributed by atoms with Gasteiger partial charge in [-0.1, -0.05) is 20.8 Å². The van der Waals surface area contributed by atoms with Crippen molar-refractivity contribution in [2.45, 2.75) is 52.5 Å². The fraction of sp³-hybridized carbons (Fsp3) is 1.00. The van der Waals surface area contributed by atoms with Crippen LogP contribution in [0.5, 0.6) is 0 Å². The highest BCUT2D eigenvalue weighted by atomic mass is 32.2. The van der Waals surface area contributed by atoms with Crippen LogP contribution < -0.4 is 5.32 Å². The Morgan fingerprint density at radius 2 is 1.83 bits per heavy atom. The molecule has 18 heavy (non-hydrogen) atoms. The molecule has 0 aromatic heterocycles. The summed E-state index contributed by atoms with van der Waals surface area (Å²) in [6, 6.07) is 0.374. The van der Waals surface area contributed by atoms with Crippen LogP contribution in [-0.4, -0.2) is 45.7 Å². The SMILES string of the molecule is CCCOCCC(CCCS(=O)(=O)CC)NCC. The molecule has 1 atom stereocenters. The van der Waals surface area contributed by atoms with Crippen LogP contribution in [0.1, 0.15) is 46.5 Å². The predicted molar refractivity (Wildman–Crippen MR) is 76.8 cm³/mol. The zero-order valence-electron chi connectivity index (χ0n) is 12.1. The topological polar surface area (TPSA) is 55.4 Å². The number of hydrogen-bond acceptors (Lipinski definition) is 4. The van der Waals surface area contributed by atoms with Gasteiger partial charge in [0.2, 0.25) is 0 Å². The van der Waals surface area contributed by atoms with Crippen LogP contribution in [0.3, 0.4) is 0 Å². The maximum atomic E-state index is 11.4. The largest absolute Gasteiger partial charge is 0.381 e. The third-order valence-electron chi connectivity index (χ3n) is 2.90. The summed E-state index contributed by atoms with van der Waals surface area (Å²) in [6.07, 6.45) is 3.64. The molecule has 0 aliphatic heterocycles. The normalized spacial score (nSPS) is 13.7. The van der Waals surface area contributed by atoms with E-state index in [1.54, 1.807) is 6.92 Å². The van der Waals surface area contributed by atoms with Gasteiger partial charge in [-0.15, -0.1) is 0 Å². The van der Waals surface area contributed by atoms with Gasteiger partial charge < -0.3 is 10.1 Å². The predicted octanol–water partition coefficient (Wildman–Crippen LogP) is 2.00. The van der Waals surface area contributed by atoms with E-state index in [4.69, 9.17) is 4.74 Å². The summed E-state index contributed by atoms with van der Waals surface area (Å²) < 4.78 is 28.3. The molecule has 0 spiro atoms. The van der Waals surface area contributed by atoms with E-state index in [1.807, 2.05) is 0 Å². The lowest BCUT2D eigenvalue weighted by atomic mass is 10.1. The maximum absolute atomic E-state index is 11.4. The van der Waals surface area contributed by atoms with Crippen LogP contribution in [0, 0.1) is 0 Å². The lowest BCUT2D eigenvalue weighted by molar-refractivity contribution is 0.123. The van der Waals surface area contributed by atoms with E-state index in [0.717, 1.165) is 45.4 Å². The van der Waals surface area contributed by atoms with E-state index in [1.165, 1.54) is 0 Å². The van der Waals surface area contributed by atoms with Gasteiger partial charge in [0.25, 0.3) is 0 Å². The third kappa shape index (κ3) is 9.85. The lowest BCUT2D eigenvalue weighted by Crippen LogP contribution is -2.30. The van der Waals surface area contributed by atoms with Gasteiger partial charge in [-0.25, -0.2) is 8.42 Å². The quantitative estimate of drug-likeness (QED) is 0.555. The average Bonchev–Trinajstić information content (AvgIpc) is 2.34. The van der Waals surface area contributed by atoms with Gasteiger partial charge in [0.05, 0.1) is 5.75 Å². The van der Waals surface area contributed by atoms with E-state index < -0.39 is 9.84 Å². The molecule has 0 heterocycles. The number of rotatable bonds is 12. The Labute approximate surface area is 112 Å². The molecule has 0 bridgehead atoms. The first-order valence-corrected chi connectivity index (χ1v) is 8.89. The Morgan fingerprint density at radius 1 is 1.11 bits per heavy atom. The molecule has 5 heteroatoms. The first kappa shape index (κ1) is 17.9. The minimum absolute atomic E-state index is 0.248. The second-order valence-electron chi connectivity index (χ2n) is 4.53. The molecule has 0 fully saturated rings. The summed E-state index contributed by atoms with van der Waals surface area (Å²) in [6.45, 7) is 8.35. The summed E-state index contributed by atoms with van der Waals surface area (Å²) in [5.41, 5.74) is 0. The molecule has 110 valence electrons. The molecule has 0 aliphatic carbocycles. The Balaban J connectivity index is 3.82. The van der Waals surface area contributed by atoms with Gasteiger partial charge in [0.15, 0.2) is 0 Å². The Kier molecular flexibility index (Phi) is 10.7. The van der Waals surface area contributed by atoms with E-state index in [2.05, 4.69) is 19.2 Å². The van der Waals surface area contributed by atoms with Crippen LogP contribution >= 0.6 is 0 Å². The van der Waals surface area contributed by atoms with E-state index in [9.17, 15) is 8.42 Å². The van der Waals surface area contributed by atoms with Crippen LogP contribution in [0.25, 0.3) is 0 Å². The molecule has 0 aromatic rings. The smallest absolute Gasteiger partial charge is 0.150 e.